The molecule has 1 saturated carbocycles. The van der Waals surface area contributed by atoms with E-state index in [4.69, 9.17) is 24.4 Å². The molecule has 0 aromatic rings. The average Bonchev–Trinajstić information content (AvgIpc) is 3.67. The molecule has 1 unspecified atom stereocenters. The number of esters is 2. The summed E-state index contributed by atoms with van der Waals surface area (Å²) in [5, 5.41) is 26.6. The van der Waals surface area contributed by atoms with Gasteiger partial charge < -0.3 is 34.9 Å². The molecule has 2 aliphatic heterocycles. The monoisotopic (exact) mass is 686 g/mol. The third-order valence-electron chi connectivity index (χ3n) is 9.12. The summed E-state index contributed by atoms with van der Waals surface area (Å²) in [6.45, 7) is 12.1. The minimum Gasteiger partial charge on any atom is -0.463 e. The van der Waals surface area contributed by atoms with Gasteiger partial charge >= 0.3 is 18.0 Å². The minimum absolute atomic E-state index is 0.0631. The standard InChI is InChI=1S/C35H54N6O8/c1-8-22(4)31(43)41-30(38-20-37)24-14-15-27(39-24)35(19-36)17-25(26(48-35)18-46-28(42)16-23-12-10-9-11-13-23)47-32(44)29(21(2)3)40-33(45)49-34(5,6)7/h14,20-23,25-27,29,39H,8-13,15-18H2,1-7H3,(H,40,45)(H2,37,38,41,43)/t22-,25+,26-,27?,29+,35+/m1/s1. The van der Waals surface area contributed by atoms with Gasteiger partial charge in [0.15, 0.2) is 11.4 Å². The Kier molecular flexibility index (Phi) is 14.2. The summed E-state index contributed by atoms with van der Waals surface area (Å²) in [6, 6.07) is 0.544. The topological polar surface area (TPSA) is 201 Å². The first-order valence-electron chi connectivity index (χ1n) is 17.4. The number of nitriles is 1. The Morgan fingerprint density at radius 1 is 1.20 bits per heavy atom. The van der Waals surface area contributed by atoms with Crippen LogP contribution in [0.15, 0.2) is 16.8 Å². The van der Waals surface area contributed by atoms with Crippen LogP contribution < -0.4 is 16.0 Å². The number of rotatable bonds is 13. The zero-order chi connectivity index (χ0) is 36.4. The van der Waals surface area contributed by atoms with Gasteiger partial charge in [-0.15, -0.1) is 0 Å². The van der Waals surface area contributed by atoms with Crippen molar-refractivity contribution in [3.05, 3.63) is 11.8 Å². The van der Waals surface area contributed by atoms with Gasteiger partial charge in [-0.05, 0) is 58.3 Å². The van der Waals surface area contributed by atoms with Crippen LogP contribution in [0.25, 0.3) is 0 Å². The van der Waals surface area contributed by atoms with Crippen molar-refractivity contribution in [3.63, 3.8) is 0 Å². The number of hydrogen-bond acceptors (Lipinski definition) is 11. The molecule has 2 fully saturated rings. The normalized spacial score (nSPS) is 25.7. The molecular formula is C35H54N6O8. The Hall–Kier alpha value is -3.99. The van der Waals surface area contributed by atoms with Crippen LogP contribution in [-0.2, 0) is 33.3 Å². The van der Waals surface area contributed by atoms with Gasteiger partial charge in [0.2, 0.25) is 5.91 Å². The van der Waals surface area contributed by atoms with Crippen LogP contribution in [0.2, 0.25) is 0 Å². The largest absolute Gasteiger partial charge is 0.463 e. The third-order valence-corrected chi connectivity index (χ3v) is 9.12. The molecule has 0 aromatic heterocycles. The van der Waals surface area contributed by atoms with E-state index in [1.807, 2.05) is 6.92 Å². The van der Waals surface area contributed by atoms with Crippen molar-refractivity contribution in [2.24, 2.45) is 22.7 Å². The van der Waals surface area contributed by atoms with Crippen LogP contribution in [0.3, 0.4) is 0 Å². The fraction of sp³-hybridized carbons (Fsp3) is 0.743. The molecule has 0 aromatic carbocycles. The molecule has 2 heterocycles. The van der Waals surface area contributed by atoms with Crippen LogP contribution in [-0.4, -0.2) is 78.2 Å². The number of amides is 2. The van der Waals surface area contributed by atoms with Crippen LogP contribution in [0.4, 0.5) is 4.79 Å². The van der Waals surface area contributed by atoms with Gasteiger partial charge in [0.1, 0.15) is 42.9 Å². The van der Waals surface area contributed by atoms with E-state index in [9.17, 15) is 24.4 Å². The highest BCUT2D eigenvalue weighted by molar-refractivity contribution is 6.10. The number of ether oxygens (including phenoxy) is 4. The molecule has 3 aliphatic rings. The molecule has 0 radical (unpaired) electrons. The summed E-state index contributed by atoms with van der Waals surface area (Å²) in [7, 11) is 0. The second-order valence-electron chi connectivity index (χ2n) is 14.6. The summed E-state index contributed by atoms with van der Waals surface area (Å²) in [4.78, 5) is 55.6. The van der Waals surface area contributed by atoms with Crippen molar-refractivity contribution >= 4 is 36.1 Å². The second-order valence-corrected chi connectivity index (χ2v) is 14.6. The molecule has 49 heavy (non-hydrogen) atoms. The fourth-order valence-electron chi connectivity index (χ4n) is 6.15. The van der Waals surface area contributed by atoms with E-state index in [2.05, 4.69) is 27.0 Å². The lowest BCUT2D eigenvalue weighted by molar-refractivity contribution is -0.161. The number of hydrogen-bond donors (Lipinski definition) is 4. The van der Waals surface area contributed by atoms with E-state index in [1.54, 1.807) is 47.6 Å². The maximum absolute atomic E-state index is 13.6. The molecular weight excluding hydrogens is 632 g/mol. The first-order valence-corrected chi connectivity index (χ1v) is 17.4. The summed E-state index contributed by atoms with van der Waals surface area (Å²) < 4.78 is 23.3. The van der Waals surface area contributed by atoms with Gasteiger partial charge in [0.25, 0.3) is 0 Å². The van der Waals surface area contributed by atoms with Crippen molar-refractivity contribution in [2.45, 2.75) is 142 Å². The van der Waals surface area contributed by atoms with Crippen molar-refractivity contribution in [3.8, 4) is 6.07 Å². The highest BCUT2D eigenvalue weighted by atomic mass is 16.6. The Morgan fingerprint density at radius 3 is 2.49 bits per heavy atom. The summed E-state index contributed by atoms with van der Waals surface area (Å²) in [5.74, 6) is -1.64. The van der Waals surface area contributed by atoms with E-state index in [-0.39, 0.29) is 54.9 Å². The lowest BCUT2D eigenvalue weighted by Crippen LogP contribution is -2.49. The van der Waals surface area contributed by atoms with Gasteiger partial charge in [-0.2, -0.15) is 5.26 Å². The highest BCUT2D eigenvalue weighted by Crippen LogP contribution is 2.39. The molecule has 4 N–H and O–H groups in total. The molecule has 1 aliphatic carbocycles. The lowest BCUT2D eigenvalue weighted by Gasteiger charge is -2.29. The number of aliphatic imine (C=N–C) groups is 1. The maximum Gasteiger partial charge on any atom is 0.408 e. The van der Waals surface area contributed by atoms with Gasteiger partial charge in [-0.1, -0.05) is 53.0 Å². The first kappa shape index (κ1) is 39.4. The fourth-order valence-corrected chi connectivity index (χ4v) is 6.15. The van der Waals surface area contributed by atoms with Crippen molar-refractivity contribution in [1.29, 1.82) is 10.7 Å². The van der Waals surface area contributed by atoms with Crippen LogP contribution >= 0.6 is 0 Å². The SMILES string of the molecule is CC[C@@H](C)C(=O)NC(=NC=N)C1=CCC([C@@]2(C#N)C[C@H](OC(=O)[C@@H](NC(=O)OC(C)(C)C)C(C)C)[C@@H](COC(=O)CC3CCCCC3)O2)N1. The average molecular weight is 687 g/mol. The Labute approximate surface area is 289 Å². The maximum atomic E-state index is 13.6. The summed E-state index contributed by atoms with van der Waals surface area (Å²) >= 11 is 0. The molecule has 1 saturated heterocycles. The number of nitrogens with zero attached hydrogens (tertiary/aromatic N) is 2. The predicted molar refractivity (Wildman–Crippen MR) is 181 cm³/mol. The van der Waals surface area contributed by atoms with Crippen molar-refractivity contribution < 1.29 is 38.1 Å². The lowest BCUT2D eigenvalue weighted by atomic mass is 9.87. The molecule has 272 valence electrons. The highest BCUT2D eigenvalue weighted by Gasteiger charge is 2.55. The molecule has 14 nitrogen and oxygen atoms in total. The van der Waals surface area contributed by atoms with E-state index >= 15 is 0 Å². The smallest absolute Gasteiger partial charge is 0.408 e. The molecule has 0 spiro atoms. The van der Waals surface area contributed by atoms with Crippen LogP contribution in [0, 0.1) is 34.5 Å². The van der Waals surface area contributed by atoms with Gasteiger partial charge in [0.05, 0.1) is 11.7 Å². The van der Waals surface area contributed by atoms with Crippen LogP contribution in [0.5, 0.6) is 0 Å². The summed E-state index contributed by atoms with van der Waals surface area (Å²) in [5.41, 5.74) is -1.90. The second kappa shape index (κ2) is 17.6. The Balaban J connectivity index is 1.80. The molecule has 2 amide bonds. The first-order chi connectivity index (χ1) is 23.1. The van der Waals surface area contributed by atoms with E-state index in [0.717, 1.165) is 38.4 Å². The minimum atomic E-state index is -1.54. The molecule has 3 rings (SSSR count). The number of amidine groups is 1. The third kappa shape index (κ3) is 11.3. The van der Waals surface area contributed by atoms with E-state index in [1.165, 1.54) is 0 Å². The Bertz CT molecular complexity index is 1310. The number of carbonyl (C=O) groups excluding carboxylic acids is 4. The zero-order valence-electron chi connectivity index (χ0n) is 29.9. The molecule has 14 heteroatoms. The molecule has 6 atom stereocenters. The Morgan fingerprint density at radius 2 is 1.90 bits per heavy atom. The number of nitrogens with one attached hydrogen (secondary N) is 4. The quantitative estimate of drug-likeness (QED) is 0.0930. The van der Waals surface area contributed by atoms with E-state index in [0.29, 0.717) is 18.5 Å². The predicted octanol–water partition coefficient (Wildman–Crippen LogP) is 4.43. The van der Waals surface area contributed by atoms with Gasteiger partial charge in [-0.3, -0.25) is 15.0 Å². The molecule has 0 bridgehead atoms. The van der Waals surface area contributed by atoms with Gasteiger partial charge in [0, 0.05) is 18.8 Å². The van der Waals surface area contributed by atoms with Crippen molar-refractivity contribution in [2.75, 3.05) is 6.61 Å². The van der Waals surface area contributed by atoms with Crippen molar-refractivity contribution in [1.82, 2.24) is 16.0 Å². The van der Waals surface area contributed by atoms with Gasteiger partial charge in [-0.25, -0.2) is 14.6 Å². The number of alkyl carbamates (subject to hydrolysis) is 1. The van der Waals surface area contributed by atoms with Crippen LogP contribution in [0.1, 0.15) is 106 Å². The van der Waals surface area contributed by atoms with E-state index < -0.39 is 47.6 Å². The number of carbonyl (C=O) groups is 4. The zero-order valence-corrected chi connectivity index (χ0v) is 29.9. The summed E-state index contributed by atoms with van der Waals surface area (Å²) in [6.07, 6.45) is 6.22.